The Bertz CT molecular complexity index is 991. The van der Waals surface area contributed by atoms with E-state index in [-0.39, 0.29) is 18.3 Å². The topological polar surface area (TPSA) is 69.3 Å². The lowest BCUT2D eigenvalue weighted by molar-refractivity contribution is 0.0920. The first kappa shape index (κ1) is 21.3. The molecule has 1 aromatic carbocycles. The number of para-hydroxylation sites is 1. The summed E-state index contributed by atoms with van der Waals surface area (Å²) in [5.74, 6) is 1.14. The maximum Gasteiger partial charge on any atom is 0.286 e. The number of halogens is 2. The molecular weight excluding hydrogens is 413 g/mol. The molecule has 1 N–H and O–H groups in total. The van der Waals surface area contributed by atoms with E-state index in [0.717, 1.165) is 23.4 Å². The fraction of sp³-hybridized carbons (Fsp3) is 0.333. The van der Waals surface area contributed by atoms with E-state index in [4.69, 9.17) is 32.4 Å². The molecule has 0 saturated heterocycles. The zero-order valence-electron chi connectivity index (χ0n) is 16.6. The molecule has 3 aromatic rings. The summed E-state index contributed by atoms with van der Waals surface area (Å²) in [4.78, 5) is 12.3. The highest BCUT2D eigenvalue weighted by Gasteiger charge is 2.13. The number of hydrogen-bond acceptors (Lipinski definition) is 4. The normalized spacial score (nSPS) is 10.9. The maximum absolute atomic E-state index is 12.3. The quantitative estimate of drug-likeness (QED) is 0.499. The number of rotatable bonds is 8. The predicted molar refractivity (Wildman–Crippen MR) is 113 cm³/mol. The molecule has 0 radical (unpaired) electrons. The van der Waals surface area contributed by atoms with Gasteiger partial charge in [-0.3, -0.25) is 9.48 Å². The number of furan rings is 1. The molecule has 0 aliphatic rings. The third-order valence-corrected chi connectivity index (χ3v) is 5.38. The molecule has 0 fully saturated rings. The summed E-state index contributed by atoms with van der Waals surface area (Å²) in [6, 6.07) is 8.91. The van der Waals surface area contributed by atoms with Crippen LogP contribution in [0, 0.1) is 20.8 Å². The summed E-state index contributed by atoms with van der Waals surface area (Å²) < 4.78 is 13.2. The van der Waals surface area contributed by atoms with Crippen molar-refractivity contribution >= 4 is 29.1 Å². The van der Waals surface area contributed by atoms with E-state index in [1.807, 2.05) is 37.6 Å². The molecule has 0 aliphatic heterocycles. The van der Waals surface area contributed by atoms with Crippen LogP contribution in [0.15, 0.2) is 34.7 Å². The van der Waals surface area contributed by atoms with Crippen molar-refractivity contribution in [3.8, 4) is 5.75 Å². The predicted octanol–water partition coefficient (Wildman–Crippen LogP) is 5.11. The Balaban J connectivity index is 1.47. The van der Waals surface area contributed by atoms with Crippen LogP contribution in [-0.2, 0) is 13.2 Å². The van der Waals surface area contributed by atoms with Gasteiger partial charge in [0.1, 0.15) is 18.1 Å². The molecule has 3 rings (SSSR count). The molecule has 0 spiro atoms. The fourth-order valence-corrected chi connectivity index (χ4v) is 3.34. The van der Waals surface area contributed by atoms with Crippen LogP contribution in [0.4, 0.5) is 0 Å². The number of amides is 1. The smallest absolute Gasteiger partial charge is 0.286 e. The van der Waals surface area contributed by atoms with Crippen molar-refractivity contribution in [2.45, 2.75) is 40.3 Å². The lowest BCUT2D eigenvalue weighted by Gasteiger charge is -2.09. The summed E-state index contributed by atoms with van der Waals surface area (Å²) in [6.07, 6.45) is 0.729. The molecular formula is C21H23Cl2N3O3. The van der Waals surface area contributed by atoms with E-state index in [1.54, 1.807) is 18.2 Å². The van der Waals surface area contributed by atoms with E-state index >= 15 is 0 Å². The highest BCUT2D eigenvalue weighted by Crippen LogP contribution is 2.28. The first-order valence-corrected chi connectivity index (χ1v) is 10.1. The van der Waals surface area contributed by atoms with Crippen LogP contribution in [0.25, 0.3) is 0 Å². The molecule has 0 aliphatic carbocycles. The van der Waals surface area contributed by atoms with Gasteiger partial charge in [-0.1, -0.05) is 35.3 Å². The van der Waals surface area contributed by atoms with Crippen molar-refractivity contribution in [2.24, 2.45) is 0 Å². The zero-order chi connectivity index (χ0) is 21.0. The van der Waals surface area contributed by atoms with E-state index in [9.17, 15) is 4.79 Å². The molecule has 0 saturated carbocycles. The van der Waals surface area contributed by atoms with Gasteiger partial charge in [0.15, 0.2) is 5.76 Å². The largest absolute Gasteiger partial charge is 0.484 e. The Hall–Kier alpha value is -2.44. The zero-order valence-corrected chi connectivity index (χ0v) is 18.1. The lowest BCUT2D eigenvalue weighted by Crippen LogP contribution is -2.25. The SMILES string of the molecule is Cc1cccc(Cl)c1OCc1ccc(C(=O)NCCCn2nc(C)c(Cl)c2C)o1. The van der Waals surface area contributed by atoms with Crippen molar-refractivity contribution in [1.82, 2.24) is 15.1 Å². The Labute approximate surface area is 179 Å². The second-order valence-electron chi connectivity index (χ2n) is 6.76. The van der Waals surface area contributed by atoms with Gasteiger partial charge in [-0.25, -0.2) is 0 Å². The number of nitrogens with one attached hydrogen (secondary N) is 1. The minimum absolute atomic E-state index is 0.191. The summed E-state index contributed by atoms with van der Waals surface area (Å²) in [7, 11) is 0. The van der Waals surface area contributed by atoms with Crippen molar-refractivity contribution < 1.29 is 13.9 Å². The second kappa shape index (κ2) is 9.37. The summed E-state index contributed by atoms with van der Waals surface area (Å²) in [5, 5.41) is 8.45. The van der Waals surface area contributed by atoms with Crippen molar-refractivity contribution in [1.29, 1.82) is 0 Å². The number of hydrogen-bond donors (Lipinski definition) is 1. The molecule has 0 atom stereocenters. The Morgan fingerprint density at radius 3 is 2.69 bits per heavy atom. The highest BCUT2D eigenvalue weighted by molar-refractivity contribution is 6.32. The maximum atomic E-state index is 12.3. The molecule has 2 aromatic heterocycles. The molecule has 8 heteroatoms. The van der Waals surface area contributed by atoms with Gasteiger partial charge in [-0.15, -0.1) is 0 Å². The van der Waals surface area contributed by atoms with E-state index < -0.39 is 0 Å². The lowest BCUT2D eigenvalue weighted by atomic mass is 10.2. The summed E-state index contributed by atoms with van der Waals surface area (Å²) in [6.45, 7) is 7.09. The standard InChI is InChI=1S/C21H23Cl2N3O3/c1-13-6-4-7-17(22)20(13)28-12-16-8-9-18(29-16)21(27)24-10-5-11-26-15(3)19(23)14(2)25-26/h4,6-9H,5,10-12H2,1-3H3,(H,24,27). The second-order valence-corrected chi connectivity index (χ2v) is 7.54. The third-order valence-electron chi connectivity index (χ3n) is 4.53. The first-order valence-electron chi connectivity index (χ1n) is 9.31. The van der Waals surface area contributed by atoms with Gasteiger partial charge < -0.3 is 14.5 Å². The summed E-state index contributed by atoms with van der Waals surface area (Å²) >= 11 is 12.3. The Morgan fingerprint density at radius 2 is 2.00 bits per heavy atom. The monoisotopic (exact) mass is 435 g/mol. The van der Waals surface area contributed by atoms with Crippen LogP contribution in [0.5, 0.6) is 5.75 Å². The van der Waals surface area contributed by atoms with Gasteiger partial charge in [-0.05, 0) is 51.0 Å². The van der Waals surface area contributed by atoms with Crippen LogP contribution in [-0.4, -0.2) is 22.2 Å². The fourth-order valence-electron chi connectivity index (χ4n) is 2.93. The van der Waals surface area contributed by atoms with Crippen molar-refractivity contribution in [3.63, 3.8) is 0 Å². The third kappa shape index (κ3) is 5.14. The molecule has 154 valence electrons. The van der Waals surface area contributed by atoms with Crippen molar-refractivity contribution in [3.05, 3.63) is 68.8 Å². The van der Waals surface area contributed by atoms with Gasteiger partial charge in [0, 0.05) is 13.1 Å². The van der Waals surface area contributed by atoms with E-state index in [2.05, 4.69) is 10.4 Å². The average molecular weight is 436 g/mol. The molecule has 1 amide bonds. The van der Waals surface area contributed by atoms with Crippen LogP contribution >= 0.6 is 23.2 Å². The van der Waals surface area contributed by atoms with Crippen LogP contribution in [0.3, 0.4) is 0 Å². The van der Waals surface area contributed by atoms with Crippen LogP contribution < -0.4 is 10.1 Å². The van der Waals surface area contributed by atoms with Crippen LogP contribution in [0.1, 0.15) is 39.7 Å². The molecule has 0 unspecified atom stereocenters. The number of ether oxygens (including phenoxy) is 1. The van der Waals surface area contributed by atoms with Crippen LogP contribution in [0.2, 0.25) is 10.0 Å². The molecule has 6 nitrogen and oxygen atoms in total. The average Bonchev–Trinajstić information content (AvgIpc) is 3.26. The van der Waals surface area contributed by atoms with Gasteiger partial charge in [0.2, 0.25) is 0 Å². The van der Waals surface area contributed by atoms with Gasteiger partial charge in [-0.2, -0.15) is 5.10 Å². The number of aryl methyl sites for hydroxylation is 3. The van der Waals surface area contributed by atoms with E-state index in [1.165, 1.54) is 0 Å². The molecule has 2 heterocycles. The molecule has 0 bridgehead atoms. The minimum Gasteiger partial charge on any atom is -0.484 e. The number of aromatic nitrogens is 2. The summed E-state index contributed by atoms with van der Waals surface area (Å²) in [5.41, 5.74) is 2.68. The number of carbonyl (C=O) groups is 1. The number of benzene rings is 1. The number of nitrogens with zero attached hydrogens (tertiary/aromatic N) is 2. The Morgan fingerprint density at radius 1 is 1.21 bits per heavy atom. The molecule has 29 heavy (non-hydrogen) atoms. The highest BCUT2D eigenvalue weighted by atomic mass is 35.5. The van der Waals surface area contributed by atoms with Gasteiger partial charge in [0.25, 0.3) is 5.91 Å². The number of carbonyl (C=O) groups excluding carboxylic acids is 1. The Kier molecular flexibility index (Phi) is 6.87. The van der Waals surface area contributed by atoms with Crippen molar-refractivity contribution in [2.75, 3.05) is 6.54 Å². The minimum atomic E-state index is -0.267. The van der Waals surface area contributed by atoms with Gasteiger partial charge >= 0.3 is 0 Å². The van der Waals surface area contributed by atoms with E-state index in [0.29, 0.717) is 34.6 Å². The first-order chi connectivity index (χ1) is 13.9. The van der Waals surface area contributed by atoms with Gasteiger partial charge in [0.05, 0.1) is 21.4 Å².